The zero-order valence-corrected chi connectivity index (χ0v) is 17.4. The van der Waals surface area contributed by atoms with Crippen LogP contribution >= 0.6 is 0 Å². The number of amides is 1. The van der Waals surface area contributed by atoms with Gasteiger partial charge in [-0.25, -0.2) is 4.98 Å². The van der Waals surface area contributed by atoms with Crippen LogP contribution in [0.1, 0.15) is 44.9 Å². The van der Waals surface area contributed by atoms with Gasteiger partial charge >= 0.3 is 0 Å². The van der Waals surface area contributed by atoms with Gasteiger partial charge in [-0.15, -0.1) is 0 Å². The summed E-state index contributed by atoms with van der Waals surface area (Å²) in [7, 11) is 1.98. The Bertz CT molecular complexity index is 795. The third-order valence-corrected chi connectivity index (χ3v) is 5.12. The average Bonchev–Trinajstić information content (AvgIpc) is 3.40. The van der Waals surface area contributed by atoms with Gasteiger partial charge in [0.1, 0.15) is 5.82 Å². The van der Waals surface area contributed by atoms with Crippen molar-refractivity contribution in [1.82, 2.24) is 25.5 Å². The van der Waals surface area contributed by atoms with E-state index in [9.17, 15) is 4.79 Å². The molecule has 156 valence electrons. The number of H-pyrrole nitrogens is 1. The number of nitrogens with zero attached hydrogens (tertiary/aromatic N) is 3. The monoisotopic (exact) mass is 396 g/mol. The van der Waals surface area contributed by atoms with Crippen LogP contribution in [0.5, 0.6) is 0 Å². The van der Waals surface area contributed by atoms with E-state index in [1.807, 2.05) is 43.3 Å². The first-order chi connectivity index (χ1) is 14.2. The van der Waals surface area contributed by atoms with Crippen LogP contribution < -0.4 is 10.6 Å². The number of aromatic nitrogens is 2. The molecule has 1 aromatic heterocycles. The van der Waals surface area contributed by atoms with Gasteiger partial charge in [-0.05, 0) is 25.3 Å². The van der Waals surface area contributed by atoms with Crippen LogP contribution in [0.2, 0.25) is 0 Å². The Hall–Kier alpha value is -2.83. The molecular weight excluding hydrogens is 364 g/mol. The normalized spacial score (nSPS) is 14.8. The quantitative estimate of drug-likeness (QED) is 0.473. The van der Waals surface area contributed by atoms with Gasteiger partial charge in [-0.3, -0.25) is 9.79 Å². The van der Waals surface area contributed by atoms with Gasteiger partial charge in [0.25, 0.3) is 0 Å². The molecule has 1 amide bonds. The van der Waals surface area contributed by atoms with Crippen molar-refractivity contribution in [2.24, 2.45) is 4.99 Å². The third-order valence-electron chi connectivity index (χ3n) is 5.12. The summed E-state index contributed by atoms with van der Waals surface area (Å²) >= 11 is 0. The molecule has 1 fully saturated rings. The molecule has 0 saturated heterocycles. The van der Waals surface area contributed by atoms with Gasteiger partial charge in [0.05, 0.1) is 25.0 Å². The van der Waals surface area contributed by atoms with Crippen LogP contribution in [0.4, 0.5) is 0 Å². The molecular formula is C22H32N6O. The number of hydrogen-bond donors (Lipinski definition) is 3. The Kier molecular flexibility index (Phi) is 7.67. The molecule has 7 nitrogen and oxygen atoms in total. The number of aliphatic imine (C=N–C) groups is 1. The maximum Gasteiger partial charge on any atom is 0.222 e. The van der Waals surface area contributed by atoms with Gasteiger partial charge in [-0.1, -0.05) is 43.2 Å². The van der Waals surface area contributed by atoms with Crippen molar-refractivity contribution in [3.05, 3.63) is 42.4 Å². The lowest BCUT2D eigenvalue weighted by atomic mass is 10.2. The average molecular weight is 397 g/mol. The predicted octanol–water partition coefficient (Wildman–Crippen LogP) is 2.92. The van der Waals surface area contributed by atoms with Crippen molar-refractivity contribution < 1.29 is 4.79 Å². The predicted molar refractivity (Wildman–Crippen MR) is 116 cm³/mol. The van der Waals surface area contributed by atoms with E-state index >= 15 is 0 Å². The first kappa shape index (κ1) is 20.9. The number of benzene rings is 1. The van der Waals surface area contributed by atoms with Gasteiger partial charge in [0, 0.05) is 26.1 Å². The Labute approximate surface area is 173 Å². The maximum absolute atomic E-state index is 12.1. The summed E-state index contributed by atoms with van der Waals surface area (Å²) in [5.41, 5.74) is 2.11. The highest BCUT2D eigenvalue weighted by Gasteiger charge is 2.17. The molecule has 1 aliphatic rings. The van der Waals surface area contributed by atoms with E-state index in [-0.39, 0.29) is 5.91 Å². The summed E-state index contributed by atoms with van der Waals surface area (Å²) in [4.78, 5) is 26.6. The molecule has 0 bridgehead atoms. The van der Waals surface area contributed by atoms with E-state index in [2.05, 4.69) is 37.7 Å². The summed E-state index contributed by atoms with van der Waals surface area (Å²) in [5, 5.41) is 6.41. The van der Waals surface area contributed by atoms with E-state index in [1.165, 1.54) is 12.8 Å². The Morgan fingerprint density at radius 2 is 2.03 bits per heavy atom. The molecule has 1 saturated carbocycles. The molecule has 0 atom stereocenters. The second-order valence-corrected chi connectivity index (χ2v) is 7.50. The van der Waals surface area contributed by atoms with E-state index in [0.717, 1.165) is 42.4 Å². The van der Waals surface area contributed by atoms with Gasteiger partial charge < -0.3 is 20.5 Å². The Morgan fingerprint density at radius 1 is 1.28 bits per heavy atom. The van der Waals surface area contributed by atoms with Crippen molar-refractivity contribution in [2.75, 3.05) is 20.1 Å². The molecule has 3 N–H and O–H groups in total. The standard InChI is InChI=1S/C22H32N6O/c1-3-23-22(24-14-13-21(29)26-18-11-7-8-12-18)28(2)16-20-25-15-19(27-20)17-9-5-4-6-10-17/h4-6,9-10,15,18H,3,7-8,11-14,16H2,1-2H3,(H,23,24)(H,25,27)(H,26,29). The minimum absolute atomic E-state index is 0.0951. The fourth-order valence-corrected chi connectivity index (χ4v) is 3.61. The van der Waals surface area contributed by atoms with Crippen molar-refractivity contribution in [3.8, 4) is 11.3 Å². The summed E-state index contributed by atoms with van der Waals surface area (Å²) in [6.45, 7) is 3.88. The number of rotatable bonds is 8. The number of guanidine groups is 1. The third kappa shape index (κ3) is 6.34. The van der Waals surface area contributed by atoms with E-state index in [1.54, 1.807) is 0 Å². The Balaban J connectivity index is 1.53. The molecule has 2 aromatic rings. The largest absolute Gasteiger partial charge is 0.357 e. The molecule has 7 heteroatoms. The van der Waals surface area contributed by atoms with Crippen LogP contribution in [0, 0.1) is 0 Å². The number of nitrogens with one attached hydrogen (secondary N) is 3. The lowest BCUT2D eigenvalue weighted by Gasteiger charge is -2.21. The Morgan fingerprint density at radius 3 is 2.76 bits per heavy atom. The first-order valence-corrected chi connectivity index (χ1v) is 10.5. The molecule has 0 spiro atoms. The molecule has 0 unspecified atom stereocenters. The first-order valence-electron chi connectivity index (χ1n) is 10.5. The number of hydrogen-bond acceptors (Lipinski definition) is 3. The van der Waals surface area contributed by atoms with Gasteiger partial charge in [0.15, 0.2) is 5.96 Å². The molecule has 0 aliphatic heterocycles. The van der Waals surface area contributed by atoms with Crippen LogP contribution in [-0.2, 0) is 11.3 Å². The maximum atomic E-state index is 12.1. The summed E-state index contributed by atoms with van der Waals surface area (Å²) in [5.74, 6) is 1.74. The van der Waals surface area contributed by atoms with E-state index in [4.69, 9.17) is 0 Å². The van der Waals surface area contributed by atoms with Crippen LogP contribution in [0.25, 0.3) is 11.3 Å². The van der Waals surface area contributed by atoms with Gasteiger partial charge in [0.2, 0.25) is 5.91 Å². The SMILES string of the molecule is CCNC(=NCCC(=O)NC1CCCC1)N(C)Cc1ncc(-c2ccccc2)[nH]1. The summed E-state index contributed by atoms with van der Waals surface area (Å²) < 4.78 is 0. The molecule has 29 heavy (non-hydrogen) atoms. The zero-order valence-electron chi connectivity index (χ0n) is 17.4. The van der Waals surface area contributed by atoms with Crippen molar-refractivity contribution >= 4 is 11.9 Å². The second-order valence-electron chi connectivity index (χ2n) is 7.50. The molecule has 3 rings (SSSR count). The molecule has 1 aliphatic carbocycles. The van der Waals surface area contributed by atoms with Gasteiger partial charge in [-0.2, -0.15) is 0 Å². The molecule has 0 radical (unpaired) electrons. The van der Waals surface area contributed by atoms with Crippen molar-refractivity contribution in [1.29, 1.82) is 0 Å². The summed E-state index contributed by atoms with van der Waals surface area (Å²) in [6.07, 6.45) is 6.92. The lowest BCUT2D eigenvalue weighted by Crippen LogP contribution is -2.39. The fourth-order valence-electron chi connectivity index (χ4n) is 3.61. The highest BCUT2D eigenvalue weighted by molar-refractivity contribution is 5.80. The van der Waals surface area contributed by atoms with E-state index in [0.29, 0.717) is 25.6 Å². The number of aromatic amines is 1. The summed E-state index contributed by atoms with van der Waals surface area (Å²) in [6, 6.07) is 10.5. The number of carbonyl (C=O) groups is 1. The van der Waals surface area contributed by atoms with Crippen LogP contribution in [-0.4, -0.2) is 52.9 Å². The number of carbonyl (C=O) groups excluding carboxylic acids is 1. The van der Waals surface area contributed by atoms with Crippen LogP contribution in [0.3, 0.4) is 0 Å². The second kappa shape index (κ2) is 10.6. The van der Waals surface area contributed by atoms with Crippen LogP contribution in [0.15, 0.2) is 41.5 Å². The smallest absolute Gasteiger partial charge is 0.222 e. The zero-order chi connectivity index (χ0) is 20.5. The topological polar surface area (TPSA) is 85.4 Å². The minimum atomic E-state index is 0.0951. The van der Waals surface area contributed by atoms with Crippen molar-refractivity contribution in [2.45, 2.75) is 51.6 Å². The molecule has 1 aromatic carbocycles. The highest BCUT2D eigenvalue weighted by Crippen LogP contribution is 2.18. The van der Waals surface area contributed by atoms with E-state index < -0.39 is 0 Å². The number of imidazole rings is 1. The molecule has 1 heterocycles. The lowest BCUT2D eigenvalue weighted by molar-refractivity contribution is -0.121. The van der Waals surface area contributed by atoms with Crippen molar-refractivity contribution in [3.63, 3.8) is 0 Å². The minimum Gasteiger partial charge on any atom is -0.357 e. The fraction of sp³-hybridized carbons (Fsp3) is 0.500. The highest BCUT2D eigenvalue weighted by atomic mass is 16.1.